The third kappa shape index (κ3) is 7.61. The molecule has 15 heavy (non-hydrogen) atoms. The highest BCUT2D eigenvalue weighted by atomic mass is 14.8. The largest absolute Gasteiger partial charge is 0.319 e. The van der Waals surface area contributed by atoms with Crippen LogP contribution in [0, 0.1) is 10.8 Å². The van der Waals surface area contributed by atoms with Crippen molar-refractivity contribution in [2.24, 2.45) is 10.8 Å². The van der Waals surface area contributed by atoms with Gasteiger partial charge < -0.3 is 5.32 Å². The highest BCUT2D eigenvalue weighted by Crippen LogP contribution is 2.37. The van der Waals surface area contributed by atoms with E-state index in [1.54, 1.807) is 0 Å². The van der Waals surface area contributed by atoms with Crippen LogP contribution >= 0.6 is 0 Å². The Bertz CT molecular complexity index is 178. The number of allylic oxidation sites excluding steroid dienone is 1. The van der Waals surface area contributed by atoms with E-state index in [-0.39, 0.29) is 5.41 Å². The maximum Gasteiger partial charge on any atom is -0.0000172 e. The summed E-state index contributed by atoms with van der Waals surface area (Å²) >= 11 is 0. The molecule has 1 heteroatoms. The fourth-order valence-electron chi connectivity index (χ4n) is 1.89. The summed E-state index contributed by atoms with van der Waals surface area (Å²) in [5, 5.41) is 3.24. The Balaban J connectivity index is 0. The molecule has 0 rings (SSSR count). The summed E-state index contributed by atoms with van der Waals surface area (Å²) in [6.07, 6.45) is 1.18. The minimum Gasteiger partial charge on any atom is -0.319 e. The van der Waals surface area contributed by atoms with E-state index < -0.39 is 0 Å². The van der Waals surface area contributed by atoms with Crippen LogP contribution in [0.2, 0.25) is 0 Å². The third-order valence-electron chi connectivity index (χ3n) is 2.73. The van der Waals surface area contributed by atoms with Gasteiger partial charge in [0, 0.05) is 0 Å². The Hall–Kier alpha value is -0.300. The molecule has 0 aliphatic heterocycles. The molecule has 0 unspecified atom stereocenters. The third-order valence-corrected chi connectivity index (χ3v) is 2.73. The Morgan fingerprint density at radius 2 is 1.53 bits per heavy atom. The van der Waals surface area contributed by atoms with Gasteiger partial charge in [-0.1, -0.05) is 53.7 Å². The Kier molecular flexibility index (Phi) is 8.04. The van der Waals surface area contributed by atoms with Gasteiger partial charge in [0.2, 0.25) is 0 Å². The van der Waals surface area contributed by atoms with Crippen LogP contribution < -0.4 is 5.32 Å². The second-order valence-electron chi connectivity index (χ2n) is 5.54. The molecule has 0 bridgehead atoms. The molecule has 0 aromatic rings. The predicted molar refractivity (Wildman–Crippen MR) is 72.3 cm³/mol. The van der Waals surface area contributed by atoms with E-state index >= 15 is 0 Å². The normalized spacial score (nSPS) is 11.7. The Morgan fingerprint density at radius 1 is 1.13 bits per heavy atom. The summed E-state index contributed by atoms with van der Waals surface area (Å²) in [4.78, 5) is 0. The van der Waals surface area contributed by atoms with Gasteiger partial charge in [-0.3, -0.25) is 0 Å². The fraction of sp³-hybridized carbons (Fsp3) is 0.857. The van der Waals surface area contributed by atoms with E-state index in [0.29, 0.717) is 5.41 Å². The molecular weight excluding hydrogens is 182 g/mol. The van der Waals surface area contributed by atoms with Gasteiger partial charge in [-0.15, -0.1) is 0 Å². The van der Waals surface area contributed by atoms with Gasteiger partial charge in [0.1, 0.15) is 0 Å². The summed E-state index contributed by atoms with van der Waals surface area (Å²) in [5.41, 5.74) is 1.87. The zero-order valence-electron chi connectivity index (χ0n) is 12.1. The van der Waals surface area contributed by atoms with Gasteiger partial charge in [-0.25, -0.2) is 0 Å². The lowest BCUT2D eigenvalue weighted by atomic mass is 9.72. The van der Waals surface area contributed by atoms with Crippen molar-refractivity contribution in [3.8, 4) is 0 Å². The first kappa shape index (κ1) is 17.1. The minimum atomic E-state index is 0.250. The Morgan fingerprint density at radius 3 is 1.80 bits per heavy atom. The van der Waals surface area contributed by atoms with Gasteiger partial charge >= 0.3 is 0 Å². The van der Waals surface area contributed by atoms with Crippen molar-refractivity contribution in [2.75, 3.05) is 13.6 Å². The average molecular weight is 213 g/mol. The second kappa shape index (κ2) is 7.05. The lowest BCUT2D eigenvalue weighted by molar-refractivity contribution is 0.224. The second-order valence-corrected chi connectivity index (χ2v) is 5.54. The molecule has 0 atom stereocenters. The number of hydrogen-bond acceptors (Lipinski definition) is 1. The van der Waals surface area contributed by atoms with Crippen LogP contribution in [0.1, 0.15) is 54.9 Å². The van der Waals surface area contributed by atoms with Crippen LogP contribution in [0.5, 0.6) is 0 Å². The fourth-order valence-corrected chi connectivity index (χ4v) is 1.89. The molecule has 1 N–H and O–H groups in total. The first-order chi connectivity index (χ1) is 6.71. The van der Waals surface area contributed by atoms with E-state index in [0.717, 1.165) is 6.54 Å². The molecular formula is C14H31N. The number of hydrogen-bond donors (Lipinski definition) is 1. The first-order valence-corrected chi connectivity index (χ1v) is 6.02. The van der Waals surface area contributed by atoms with Crippen LogP contribution in [-0.2, 0) is 0 Å². The highest BCUT2D eigenvalue weighted by molar-refractivity contribution is 5.04. The molecule has 0 aromatic heterocycles. The number of rotatable bonds is 5. The Labute approximate surface area is 97.3 Å². The van der Waals surface area contributed by atoms with Crippen molar-refractivity contribution < 1.29 is 0 Å². The standard InChI is InChI=1S/C12H25N.C2H6/c1-10(2)12(5,6)8-11(3,4)9-13-7;1-2/h13H,1,8-9H2,2-7H3;1-2H3. The highest BCUT2D eigenvalue weighted by Gasteiger charge is 2.28. The summed E-state index contributed by atoms with van der Waals surface area (Å²) in [5.74, 6) is 0. The van der Waals surface area contributed by atoms with Crippen molar-refractivity contribution in [3.63, 3.8) is 0 Å². The average Bonchev–Trinajstić information content (AvgIpc) is 2.05. The first-order valence-electron chi connectivity index (χ1n) is 6.02. The van der Waals surface area contributed by atoms with Crippen LogP contribution in [-0.4, -0.2) is 13.6 Å². The maximum atomic E-state index is 4.05. The smallest absolute Gasteiger partial charge is 0.0000172 e. The molecule has 0 fully saturated rings. The van der Waals surface area contributed by atoms with E-state index in [1.807, 2.05) is 20.9 Å². The molecule has 1 nitrogen and oxygen atoms in total. The summed E-state index contributed by atoms with van der Waals surface area (Å²) in [7, 11) is 2.01. The van der Waals surface area contributed by atoms with Gasteiger partial charge in [0.15, 0.2) is 0 Å². The molecule has 0 aliphatic carbocycles. The van der Waals surface area contributed by atoms with Gasteiger partial charge in [0.05, 0.1) is 0 Å². The van der Waals surface area contributed by atoms with Crippen molar-refractivity contribution >= 4 is 0 Å². The topological polar surface area (TPSA) is 12.0 Å². The predicted octanol–water partition coefficient (Wildman–Crippen LogP) is 4.25. The monoisotopic (exact) mass is 213 g/mol. The molecule has 0 saturated heterocycles. The minimum absolute atomic E-state index is 0.250. The molecule has 0 saturated carbocycles. The van der Waals surface area contributed by atoms with E-state index in [9.17, 15) is 0 Å². The van der Waals surface area contributed by atoms with Crippen molar-refractivity contribution in [3.05, 3.63) is 12.2 Å². The molecule has 0 radical (unpaired) electrons. The number of nitrogens with one attached hydrogen (secondary N) is 1. The molecule has 0 aliphatic rings. The summed E-state index contributed by atoms with van der Waals surface area (Å²) in [6.45, 7) is 20.4. The van der Waals surface area contributed by atoms with Crippen molar-refractivity contribution in [1.82, 2.24) is 5.32 Å². The van der Waals surface area contributed by atoms with Crippen molar-refractivity contribution in [1.29, 1.82) is 0 Å². The van der Waals surface area contributed by atoms with Crippen LogP contribution in [0.15, 0.2) is 12.2 Å². The van der Waals surface area contributed by atoms with E-state index in [2.05, 4.69) is 46.5 Å². The molecule has 0 amide bonds. The summed E-state index contributed by atoms with van der Waals surface area (Å²) in [6, 6.07) is 0. The molecule has 0 spiro atoms. The van der Waals surface area contributed by atoms with Crippen LogP contribution in [0.25, 0.3) is 0 Å². The quantitative estimate of drug-likeness (QED) is 0.673. The van der Waals surface area contributed by atoms with Gasteiger partial charge in [-0.2, -0.15) is 0 Å². The lowest BCUT2D eigenvalue weighted by Gasteiger charge is -2.35. The lowest BCUT2D eigenvalue weighted by Crippen LogP contribution is -2.32. The van der Waals surface area contributed by atoms with Crippen molar-refractivity contribution in [2.45, 2.75) is 54.9 Å². The van der Waals surface area contributed by atoms with Gasteiger partial charge in [0.25, 0.3) is 0 Å². The van der Waals surface area contributed by atoms with Crippen LogP contribution in [0.4, 0.5) is 0 Å². The summed E-state index contributed by atoms with van der Waals surface area (Å²) < 4.78 is 0. The zero-order chi connectivity index (χ0) is 12.7. The SMILES string of the molecule is C=C(C)C(C)(C)CC(C)(C)CNC.CC. The maximum absolute atomic E-state index is 4.05. The zero-order valence-corrected chi connectivity index (χ0v) is 12.1. The van der Waals surface area contributed by atoms with E-state index in [1.165, 1.54) is 12.0 Å². The van der Waals surface area contributed by atoms with Crippen LogP contribution in [0.3, 0.4) is 0 Å². The molecule has 0 heterocycles. The molecule has 0 aromatic carbocycles. The van der Waals surface area contributed by atoms with Gasteiger partial charge in [-0.05, 0) is 37.8 Å². The van der Waals surface area contributed by atoms with E-state index in [4.69, 9.17) is 0 Å². The molecule has 92 valence electrons.